The Bertz CT molecular complexity index is 471. The number of benzene rings is 1. The molecule has 5 nitrogen and oxygen atoms in total. The lowest BCUT2D eigenvalue weighted by molar-refractivity contribution is -0.255. The summed E-state index contributed by atoms with van der Waals surface area (Å²) in [6, 6.07) is 5.91. The molecule has 0 aliphatic carbocycles. The first kappa shape index (κ1) is 15.1. The summed E-state index contributed by atoms with van der Waals surface area (Å²) in [6.07, 6.45) is 2.19. The molecule has 0 aromatic heterocycles. The highest BCUT2D eigenvalue weighted by molar-refractivity contribution is 7.80. The van der Waals surface area contributed by atoms with Crippen LogP contribution in [0.3, 0.4) is 0 Å². The number of unbranched alkanes of at least 4 members (excludes halogenated alkanes) is 1. The maximum absolute atomic E-state index is 11.4. The van der Waals surface area contributed by atoms with E-state index in [1.54, 1.807) is 12.1 Å². The van der Waals surface area contributed by atoms with E-state index in [2.05, 4.69) is 10.6 Å². The van der Waals surface area contributed by atoms with Crippen LogP contribution >= 0.6 is 12.2 Å². The molecule has 0 unspecified atom stereocenters. The fourth-order valence-electron chi connectivity index (χ4n) is 1.38. The van der Waals surface area contributed by atoms with E-state index >= 15 is 0 Å². The highest BCUT2D eigenvalue weighted by atomic mass is 32.1. The Hall–Kier alpha value is -1.95. The number of carbonyl (C=O) groups is 2. The Labute approximate surface area is 117 Å². The first-order chi connectivity index (χ1) is 9.02. The molecular weight excluding hydrogens is 264 g/mol. The number of amides is 1. The molecule has 0 radical (unpaired) electrons. The number of hydrogen-bond donors (Lipinski definition) is 2. The number of carboxylic acids is 1. The molecule has 0 aliphatic rings. The topological polar surface area (TPSA) is 81.3 Å². The van der Waals surface area contributed by atoms with Gasteiger partial charge in [-0.1, -0.05) is 25.5 Å². The van der Waals surface area contributed by atoms with Crippen LogP contribution in [0.15, 0.2) is 24.3 Å². The summed E-state index contributed by atoms with van der Waals surface area (Å²) in [4.78, 5) is 22.0. The lowest BCUT2D eigenvalue weighted by Crippen LogP contribution is -2.33. The number of carbonyl (C=O) groups excluding carboxylic acids is 2. The van der Waals surface area contributed by atoms with Crippen molar-refractivity contribution in [2.45, 2.75) is 26.2 Å². The van der Waals surface area contributed by atoms with Crippen molar-refractivity contribution in [1.82, 2.24) is 5.32 Å². The predicted molar refractivity (Wildman–Crippen MR) is 74.7 cm³/mol. The number of carboxylic acid groups (broad SMARTS) is 1. The van der Waals surface area contributed by atoms with Gasteiger partial charge in [-0.15, -0.1) is 0 Å². The quantitative estimate of drug-likeness (QED) is 0.787. The van der Waals surface area contributed by atoms with Crippen molar-refractivity contribution >= 4 is 34.9 Å². The monoisotopic (exact) mass is 279 g/mol. The van der Waals surface area contributed by atoms with E-state index in [1.165, 1.54) is 12.1 Å². The molecule has 0 saturated carbocycles. The van der Waals surface area contributed by atoms with E-state index in [0.717, 1.165) is 12.8 Å². The molecule has 0 aliphatic heterocycles. The highest BCUT2D eigenvalue weighted by Crippen LogP contribution is 2.08. The van der Waals surface area contributed by atoms with Gasteiger partial charge in [0.05, 0.1) is 5.97 Å². The number of aromatic carboxylic acids is 1. The molecule has 0 bridgehead atoms. The number of hydrogen-bond acceptors (Lipinski definition) is 4. The first-order valence-corrected chi connectivity index (χ1v) is 6.36. The maximum atomic E-state index is 11.4. The zero-order valence-corrected chi connectivity index (χ0v) is 11.4. The minimum Gasteiger partial charge on any atom is -0.545 e. The Morgan fingerprint density at radius 3 is 2.42 bits per heavy atom. The average molecular weight is 279 g/mol. The molecule has 6 heteroatoms. The van der Waals surface area contributed by atoms with Gasteiger partial charge in [0.15, 0.2) is 5.11 Å². The average Bonchev–Trinajstić information content (AvgIpc) is 2.36. The van der Waals surface area contributed by atoms with E-state index in [0.29, 0.717) is 12.1 Å². The Morgan fingerprint density at radius 2 is 1.89 bits per heavy atom. The van der Waals surface area contributed by atoms with Gasteiger partial charge in [-0.3, -0.25) is 4.79 Å². The lowest BCUT2D eigenvalue weighted by Gasteiger charge is -2.10. The number of nitrogens with one attached hydrogen (secondary N) is 2. The molecule has 2 N–H and O–H groups in total. The van der Waals surface area contributed by atoms with Gasteiger partial charge in [-0.05, 0) is 36.3 Å². The van der Waals surface area contributed by atoms with E-state index in [4.69, 9.17) is 12.2 Å². The molecule has 0 spiro atoms. The molecule has 1 aromatic rings. The summed E-state index contributed by atoms with van der Waals surface area (Å²) in [7, 11) is 0. The van der Waals surface area contributed by atoms with E-state index in [9.17, 15) is 14.7 Å². The van der Waals surface area contributed by atoms with Crippen molar-refractivity contribution in [3.05, 3.63) is 29.8 Å². The second-order valence-electron chi connectivity index (χ2n) is 3.97. The minimum atomic E-state index is -1.23. The third kappa shape index (κ3) is 5.48. The minimum absolute atomic E-state index is 0.0865. The van der Waals surface area contributed by atoms with Crippen molar-refractivity contribution in [3.8, 4) is 0 Å². The van der Waals surface area contributed by atoms with E-state index < -0.39 is 5.97 Å². The molecule has 0 fully saturated rings. The van der Waals surface area contributed by atoms with Gasteiger partial charge in [0.1, 0.15) is 0 Å². The molecule has 0 heterocycles. The van der Waals surface area contributed by atoms with Crippen LogP contribution in [0, 0.1) is 0 Å². The standard InChI is InChI=1S/C13H16N2O3S/c1-2-3-4-11(16)15-13(19)14-10-7-5-9(6-8-10)12(17)18/h5-8H,2-4H2,1H3,(H,17,18)(H2,14,15,16,19)/p-1. The van der Waals surface area contributed by atoms with Gasteiger partial charge in [0, 0.05) is 12.1 Å². The van der Waals surface area contributed by atoms with Gasteiger partial charge >= 0.3 is 0 Å². The normalized spacial score (nSPS) is 9.74. The molecule has 102 valence electrons. The molecule has 0 saturated heterocycles. The Kier molecular flexibility index (Phi) is 5.95. The number of anilines is 1. The van der Waals surface area contributed by atoms with Gasteiger partial charge in [-0.25, -0.2) is 0 Å². The van der Waals surface area contributed by atoms with Crippen LogP contribution in [0.4, 0.5) is 5.69 Å². The van der Waals surface area contributed by atoms with Crippen molar-refractivity contribution in [2.75, 3.05) is 5.32 Å². The lowest BCUT2D eigenvalue weighted by atomic mass is 10.2. The third-order valence-corrected chi connectivity index (χ3v) is 2.59. The zero-order valence-electron chi connectivity index (χ0n) is 10.6. The highest BCUT2D eigenvalue weighted by Gasteiger charge is 2.04. The van der Waals surface area contributed by atoms with Crippen molar-refractivity contribution in [1.29, 1.82) is 0 Å². The Morgan fingerprint density at radius 1 is 1.26 bits per heavy atom. The fraction of sp³-hybridized carbons (Fsp3) is 0.308. The summed E-state index contributed by atoms with van der Waals surface area (Å²) in [6.45, 7) is 2.00. The van der Waals surface area contributed by atoms with Crippen LogP contribution in [0.5, 0.6) is 0 Å². The van der Waals surface area contributed by atoms with Crippen molar-refractivity contribution < 1.29 is 14.7 Å². The fourth-order valence-corrected chi connectivity index (χ4v) is 1.61. The largest absolute Gasteiger partial charge is 0.545 e. The molecule has 1 amide bonds. The second kappa shape index (κ2) is 7.48. The molecule has 1 rings (SSSR count). The SMILES string of the molecule is CCCCC(=O)NC(=S)Nc1ccc(C(=O)[O-])cc1. The predicted octanol–water partition coefficient (Wildman–Crippen LogP) is 1.05. The van der Waals surface area contributed by atoms with Crippen LogP contribution in [-0.2, 0) is 4.79 Å². The first-order valence-electron chi connectivity index (χ1n) is 5.95. The Balaban J connectivity index is 2.48. The van der Waals surface area contributed by atoms with Gasteiger partial charge in [0.2, 0.25) is 5.91 Å². The molecule has 0 atom stereocenters. The van der Waals surface area contributed by atoms with Crippen molar-refractivity contribution in [3.63, 3.8) is 0 Å². The summed E-state index contributed by atoms with van der Waals surface area (Å²) < 4.78 is 0. The van der Waals surface area contributed by atoms with Crippen LogP contribution in [0.1, 0.15) is 36.5 Å². The van der Waals surface area contributed by atoms with Crippen LogP contribution in [-0.4, -0.2) is 17.0 Å². The summed E-state index contributed by atoms with van der Waals surface area (Å²) >= 11 is 4.98. The molecular formula is C13H15N2O3S-. The van der Waals surface area contributed by atoms with Gasteiger partial charge < -0.3 is 20.5 Å². The summed E-state index contributed by atoms with van der Waals surface area (Å²) in [5, 5.41) is 16.1. The van der Waals surface area contributed by atoms with Crippen LogP contribution in [0.2, 0.25) is 0 Å². The number of rotatable bonds is 5. The van der Waals surface area contributed by atoms with Gasteiger partial charge in [0.25, 0.3) is 0 Å². The zero-order chi connectivity index (χ0) is 14.3. The third-order valence-electron chi connectivity index (χ3n) is 2.39. The van der Waals surface area contributed by atoms with E-state index in [-0.39, 0.29) is 16.6 Å². The summed E-state index contributed by atoms with van der Waals surface area (Å²) in [5.41, 5.74) is 0.689. The molecule has 19 heavy (non-hydrogen) atoms. The van der Waals surface area contributed by atoms with Gasteiger partial charge in [-0.2, -0.15) is 0 Å². The maximum Gasteiger partial charge on any atom is 0.226 e. The van der Waals surface area contributed by atoms with Crippen LogP contribution in [0.25, 0.3) is 0 Å². The number of thiocarbonyl (C=S) groups is 1. The molecule has 1 aromatic carbocycles. The van der Waals surface area contributed by atoms with Crippen LogP contribution < -0.4 is 15.7 Å². The van der Waals surface area contributed by atoms with E-state index in [1.807, 2.05) is 6.92 Å². The smallest absolute Gasteiger partial charge is 0.226 e. The summed E-state index contributed by atoms with van der Waals surface area (Å²) in [5.74, 6) is -1.37. The second-order valence-corrected chi connectivity index (χ2v) is 4.38. The van der Waals surface area contributed by atoms with Crippen molar-refractivity contribution in [2.24, 2.45) is 0 Å².